The summed E-state index contributed by atoms with van der Waals surface area (Å²) >= 11 is 0. The van der Waals surface area contributed by atoms with E-state index in [4.69, 9.17) is 13.5 Å². The van der Waals surface area contributed by atoms with Gasteiger partial charge in [-0.3, -0.25) is 4.57 Å². The van der Waals surface area contributed by atoms with Crippen molar-refractivity contribution in [1.29, 1.82) is 0 Å². The Balaban J connectivity index is 3.03. The summed E-state index contributed by atoms with van der Waals surface area (Å²) in [6.07, 6.45) is 2.19. The van der Waals surface area contributed by atoms with Gasteiger partial charge >= 0.3 is 7.60 Å². The van der Waals surface area contributed by atoms with Crippen molar-refractivity contribution >= 4 is 12.9 Å². The number of furan rings is 1. The van der Waals surface area contributed by atoms with Gasteiger partial charge < -0.3 is 13.5 Å². The zero-order chi connectivity index (χ0) is 11.3. The average Bonchev–Trinajstić information content (AvgIpc) is 2.66. The summed E-state index contributed by atoms with van der Waals surface area (Å²) in [6.45, 7) is 6.22. The molecule has 0 aliphatic heterocycles. The molecule has 86 valence electrons. The summed E-state index contributed by atoms with van der Waals surface area (Å²) in [4.78, 5) is 0. The van der Waals surface area contributed by atoms with E-state index in [1.807, 2.05) is 6.92 Å². The van der Waals surface area contributed by atoms with Crippen LogP contribution in [0.4, 0.5) is 0 Å². The van der Waals surface area contributed by atoms with E-state index in [0.29, 0.717) is 30.7 Å². The highest BCUT2D eigenvalue weighted by Crippen LogP contribution is 2.47. The Morgan fingerprint density at radius 2 is 1.87 bits per heavy atom. The van der Waals surface area contributed by atoms with Gasteiger partial charge in [0.1, 0.15) is 11.1 Å². The highest BCUT2D eigenvalue weighted by atomic mass is 31.2. The number of hydrogen-bond acceptors (Lipinski definition) is 4. The minimum atomic E-state index is -3.17. The SMILES string of the molecule is CCOP(=O)(OCC)c1ccoc1CC. The van der Waals surface area contributed by atoms with E-state index < -0.39 is 7.60 Å². The van der Waals surface area contributed by atoms with Gasteiger partial charge in [-0.15, -0.1) is 0 Å². The molecule has 0 aromatic carbocycles. The molecule has 0 amide bonds. The molecule has 5 heteroatoms. The average molecular weight is 232 g/mol. The van der Waals surface area contributed by atoms with Crippen LogP contribution in [0.25, 0.3) is 0 Å². The fourth-order valence-corrected chi connectivity index (χ4v) is 3.15. The molecule has 1 rings (SSSR count). The van der Waals surface area contributed by atoms with Gasteiger partial charge in [0, 0.05) is 6.42 Å². The summed E-state index contributed by atoms with van der Waals surface area (Å²) in [5.74, 6) is 0.667. The molecule has 1 heterocycles. The van der Waals surface area contributed by atoms with Crippen molar-refractivity contribution in [3.63, 3.8) is 0 Å². The van der Waals surface area contributed by atoms with Gasteiger partial charge in [-0.25, -0.2) is 0 Å². The third kappa shape index (κ3) is 2.71. The normalized spacial score (nSPS) is 11.9. The number of aryl methyl sites for hydroxylation is 1. The molecule has 15 heavy (non-hydrogen) atoms. The van der Waals surface area contributed by atoms with Crippen LogP contribution in [0.5, 0.6) is 0 Å². The highest BCUT2D eigenvalue weighted by Gasteiger charge is 2.30. The highest BCUT2D eigenvalue weighted by molar-refractivity contribution is 7.62. The lowest BCUT2D eigenvalue weighted by molar-refractivity contribution is 0.229. The first kappa shape index (κ1) is 12.5. The van der Waals surface area contributed by atoms with Crippen LogP contribution in [0.2, 0.25) is 0 Å². The molecule has 0 bridgehead atoms. The topological polar surface area (TPSA) is 48.7 Å². The molecule has 0 N–H and O–H groups in total. The van der Waals surface area contributed by atoms with E-state index in [0.717, 1.165) is 0 Å². The monoisotopic (exact) mass is 232 g/mol. The second kappa shape index (κ2) is 5.50. The zero-order valence-electron chi connectivity index (χ0n) is 9.36. The summed E-state index contributed by atoms with van der Waals surface area (Å²) < 4.78 is 28.0. The van der Waals surface area contributed by atoms with Crippen molar-refractivity contribution < 1.29 is 18.0 Å². The minimum absolute atomic E-state index is 0.353. The van der Waals surface area contributed by atoms with Crippen LogP contribution in [-0.2, 0) is 20.0 Å². The first-order valence-corrected chi connectivity index (χ1v) is 6.68. The maximum atomic E-state index is 12.4. The summed E-state index contributed by atoms with van der Waals surface area (Å²) in [5.41, 5.74) is 0. The Bertz CT molecular complexity index is 335. The van der Waals surface area contributed by atoms with E-state index >= 15 is 0 Å². The molecule has 0 saturated carbocycles. The Morgan fingerprint density at radius 3 is 2.33 bits per heavy atom. The van der Waals surface area contributed by atoms with Crippen molar-refractivity contribution in [2.75, 3.05) is 13.2 Å². The maximum absolute atomic E-state index is 12.4. The van der Waals surface area contributed by atoms with Crippen molar-refractivity contribution in [3.05, 3.63) is 18.1 Å². The number of hydrogen-bond donors (Lipinski definition) is 0. The molecule has 0 aliphatic rings. The standard InChI is InChI=1S/C10H17O4P/c1-4-9-10(7-8-12-9)15(11,13-5-2)14-6-3/h7-8H,4-6H2,1-3H3. The Kier molecular flexibility index (Phi) is 4.58. The minimum Gasteiger partial charge on any atom is -0.468 e. The third-order valence-corrected chi connectivity index (χ3v) is 4.12. The molecule has 4 nitrogen and oxygen atoms in total. The van der Waals surface area contributed by atoms with Crippen LogP contribution in [0.15, 0.2) is 16.7 Å². The van der Waals surface area contributed by atoms with E-state index in [-0.39, 0.29) is 0 Å². The zero-order valence-corrected chi connectivity index (χ0v) is 10.3. The molecule has 0 aliphatic carbocycles. The summed E-state index contributed by atoms with van der Waals surface area (Å²) in [6, 6.07) is 1.66. The van der Waals surface area contributed by atoms with Gasteiger partial charge in [0.2, 0.25) is 0 Å². The maximum Gasteiger partial charge on any atom is 0.364 e. The van der Waals surface area contributed by atoms with E-state index in [1.54, 1.807) is 19.9 Å². The van der Waals surface area contributed by atoms with Crippen LogP contribution in [0.1, 0.15) is 26.5 Å². The first-order chi connectivity index (χ1) is 7.18. The lowest BCUT2D eigenvalue weighted by Gasteiger charge is -2.16. The second-order valence-electron chi connectivity index (χ2n) is 2.92. The molecule has 0 radical (unpaired) electrons. The molecular weight excluding hydrogens is 215 g/mol. The molecule has 0 atom stereocenters. The fourth-order valence-electron chi connectivity index (χ4n) is 1.36. The number of rotatable bonds is 6. The third-order valence-electron chi connectivity index (χ3n) is 1.94. The van der Waals surface area contributed by atoms with Crippen LogP contribution in [0, 0.1) is 0 Å². The second-order valence-corrected chi connectivity index (χ2v) is 4.91. The summed E-state index contributed by atoms with van der Waals surface area (Å²) in [5, 5.41) is 0.550. The smallest absolute Gasteiger partial charge is 0.364 e. The van der Waals surface area contributed by atoms with Crippen LogP contribution in [0.3, 0.4) is 0 Å². The first-order valence-electron chi connectivity index (χ1n) is 5.14. The summed E-state index contributed by atoms with van der Waals surface area (Å²) in [7, 11) is -3.17. The predicted octanol–water partition coefficient (Wildman–Crippen LogP) is 2.73. The van der Waals surface area contributed by atoms with Gasteiger partial charge in [-0.2, -0.15) is 0 Å². The lowest BCUT2D eigenvalue weighted by Crippen LogP contribution is -2.12. The van der Waals surface area contributed by atoms with Crippen molar-refractivity contribution in [2.24, 2.45) is 0 Å². The van der Waals surface area contributed by atoms with Crippen LogP contribution in [-0.4, -0.2) is 13.2 Å². The fraction of sp³-hybridized carbons (Fsp3) is 0.600. The van der Waals surface area contributed by atoms with Crippen molar-refractivity contribution in [1.82, 2.24) is 0 Å². The Labute approximate surface area is 90.1 Å². The molecule has 0 spiro atoms. The predicted molar refractivity (Wildman–Crippen MR) is 58.6 cm³/mol. The van der Waals surface area contributed by atoms with Gasteiger partial charge in [0.25, 0.3) is 0 Å². The van der Waals surface area contributed by atoms with E-state index in [1.165, 1.54) is 6.26 Å². The Hall–Kier alpha value is -0.570. The van der Waals surface area contributed by atoms with Crippen molar-refractivity contribution in [2.45, 2.75) is 27.2 Å². The molecular formula is C10H17O4P. The van der Waals surface area contributed by atoms with Crippen LogP contribution >= 0.6 is 7.60 Å². The lowest BCUT2D eigenvalue weighted by atomic mass is 10.4. The van der Waals surface area contributed by atoms with E-state index in [2.05, 4.69) is 0 Å². The quantitative estimate of drug-likeness (QED) is 0.707. The Morgan fingerprint density at radius 1 is 1.27 bits per heavy atom. The van der Waals surface area contributed by atoms with Crippen LogP contribution < -0.4 is 5.30 Å². The van der Waals surface area contributed by atoms with Gasteiger partial charge in [-0.05, 0) is 19.9 Å². The molecule has 1 aromatic rings. The van der Waals surface area contributed by atoms with Gasteiger partial charge in [0.05, 0.1) is 19.5 Å². The van der Waals surface area contributed by atoms with Gasteiger partial charge in [0.15, 0.2) is 0 Å². The molecule has 0 unspecified atom stereocenters. The molecule has 0 saturated heterocycles. The van der Waals surface area contributed by atoms with E-state index in [9.17, 15) is 4.57 Å². The van der Waals surface area contributed by atoms with Gasteiger partial charge in [-0.1, -0.05) is 6.92 Å². The largest absolute Gasteiger partial charge is 0.468 e. The molecule has 0 fully saturated rings. The molecule has 1 aromatic heterocycles. The van der Waals surface area contributed by atoms with Crippen molar-refractivity contribution in [3.8, 4) is 0 Å².